The van der Waals surface area contributed by atoms with E-state index in [2.05, 4.69) is 41.9 Å². The molecule has 0 aliphatic carbocycles. The lowest BCUT2D eigenvalue weighted by atomic mass is 10.0. The summed E-state index contributed by atoms with van der Waals surface area (Å²) >= 11 is 3.47. The summed E-state index contributed by atoms with van der Waals surface area (Å²) in [6.07, 6.45) is 2.29. The van der Waals surface area contributed by atoms with Gasteiger partial charge in [-0.3, -0.25) is 0 Å². The first-order valence-electron chi connectivity index (χ1n) is 4.52. The number of aryl methyl sites for hydroxylation is 2. The molecule has 0 saturated heterocycles. The van der Waals surface area contributed by atoms with Gasteiger partial charge in [-0.25, -0.2) is 0 Å². The van der Waals surface area contributed by atoms with Crippen molar-refractivity contribution in [3.63, 3.8) is 0 Å². The molecule has 0 amide bonds. The lowest BCUT2D eigenvalue weighted by Gasteiger charge is -2.09. The lowest BCUT2D eigenvalue weighted by molar-refractivity contribution is 0.411. The molecule has 0 unspecified atom stereocenters. The van der Waals surface area contributed by atoms with Gasteiger partial charge in [0.2, 0.25) is 0 Å². The highest BCUT2D eigenvalue weighted by Gasteiger charge is 2.04. The Balaban J connectivity index is 3.06. The quantitative estimate of drug-likeness (QED) is 0.786. The average Bonchev–Trinajstić information content (AvgIpc) is 2.10. The molecule has 0 bridgehead atoms. The predicted octanol–water partition coefficient (Wildman–Crippen LogP) is 3.72. The van der Waals surface area contributed by atoms with E-state index >= 15 is 0 Å². The van der Waals surface area contributed by atoms with Crippen molar-refractivity contribution in [1.29, 1.82) is 0 Å². The van der Waals surface area contributed by atoms with Gasteiger partial charge in [-0.05, 0) is 52.5 Å². The molecule has 2 heteroatoms. The van der Waals surface area contributed by atoms with E-state index in [4.69, 9.17) is 4.74 Å². The largest absolute Gasteiger partial charge is 0.496 e. The van der Waals surface area contributed by atoms with Gasteiger partial charge in [0.25, 0.3) is 0 Å². The smallest absolute Gasteiger partial charge is 0.133 e. The molecule has 0 spiro atoms. The molecule has 0 fully saturated rings. The molecule has 0 N–H and O–H groups in total. The Labute approximate surface area is 88.2 Å². The van der Waals surface area contributed by atoms with E-state index in [-0.39, 0.29) is 0 Å². The van der Waals surface area contributed by atoms with Gasteiger partial charge >= 0.3 is 0 Å². The first kappa shape index (κ1) is 10.6. The number of methoxy groups -OCH3 is 1. The van der Waals surface area contributed by atoms with Gasteiger partial charge in [0, 0.05) is 0 Å². The van der Waals surface area contributed by atoms with Gasteiger partial charge in [0.15, 0.2) is 0 Å². The third kappa shape index (κ3) is 2.47. The molecule has 1 rings (SSSR count). The standard InChI is InChI=1S/C11H15BrO/c1-4-5-9-7-11(13-3)10(12)6-8(9)2/h6-7H,4-5H2,1-3H3. The SMILES string of the molecule is CCCc1cc(OC)c(Br)cc1C. The van der Waals surface area contributed by atoms with Crippen molar-refractivity contribution in [2.24, 2.45) is 0 Å². The molecule has 0 aliphatic rings. The second kappa shape index (κ2) is 4.66. The zero-order chi connectivity index (χ0) is 9.84. The van der Waals surface area contributed by atoms with Crippen molar-refractivity contribution in [3.8, 4) is 5.75 Å². The maximum atomic E-state index is 5.24. The van der Waals surface area contributed by atoms with Crippen LogP contribution in [-0.4, -0.2) is 7.11 Å². The van der Waals surface area contributed by atoms with Crippen LogP contribution in [0.2, 0.25) is 0 Å². The van der Waals surface area contributed by atoms with E-state index in [0.717, 1.165) is 16.6 Å². The molecule has 0 aromatic heterocycles. The number of benzene rings is 1. The van der Waals surface area contributed by atoms with Crippen molar-refractivity contribution in [2.45, 2.75) is 26.7 Å². The highest BCUT2D eigenvalue weighted by molar-refractivity contribution is 9.10. The van der Waals surface area contributed by atoms with E-state index < -0.39 is 0 Å². The fourth-order valence-electron chi connectivity index (χ4n) is 1.39. The van der Waals surface area contributed by atoms with Crippen molar-refractivity contribution < 1.29 is 4.74 Å². The Morgan fingerprint density at radius 1 is 1.38 bits per heavy atom. The monoisotopic (exact) mass is 242 g/mol. The zero-order valence-corrected chi connectivity index (χ0v) is 9.94. The van der Waals surface area contributed by atoms with Gasteiger partial charge in [0.05, 0.1) is 11.6 Å². The second-order valence-corrected chi connectivity index (χ2v) is 4.02. The highest BCUT2D eigenvalue weighted by atomic mass is 79.9. The van der Waals surface area contributed by atoms with Gasteiger partial charge < -0.3 is 4.74 Å². The van der Waals surface area contributed by atoms with Crippen LogP contribution in [0.25, 0.3) is 0 Å². The van der Waals surface area contributed by atoms with Crippen LogP contribution in [-0.2, 0) is 6.42 Å². The Morgan fingerprint density at radius 3 is 2.62 bits per heavy atom. The van der Waals surface area contributed by atoms with E-state index in [0.29, 0.717) is 0 Å². The average molecular weight is 243 g/mol. The third-order valence-electron chi connectivity index (χ3n) is 2.13. The molecule has 1 nitrogen and oxygen atoms in total. The van der Waals surface area contributed by atoms with Gasteiger partial charge in [0.1, 0.15) is 5.75 Å². The summed E-state index contributed by atoms with van der Waals surface area (Å²) < 4.78 is 6.27. The number of rotatable bonds is 3. The van der Waals surface area contributed by atoms with Crippen LogP contribution in [0.4, 0.5) is 0 Å². The molecule has 0 heterocycles. The van der Waals surface area contributed by atoms with Gasteiger partial charge in [-0.2, -0.15) is 0 Å². The molecular formula is C11H15BrO. The summed E-state index contributed by atoms with van der Waals surface area (Å²) in [5.41, 5.74) is 2.71. The van der Waals surface area contributed by atoms with Crippen molar-refractivity contribution >= 4 is 15.9 Å². The second-order valence-electron chi connectivity index (χ2n) is 3.16. The number of ether oxygens (including phenoxy) is 1. The number of hydrogen-bond donors (Lipinski definition) is 0. The lowest BCUT2D eigenvalue weighted by Crippen LogP contribution is -1.92. The molecule has 72 valence electrons. The third-order valence-corrected chi connectivity index (χ3v) is 2.75. The Hall–Kier alpha value is -0.500. The minimum atomic E-state index is 0.925. The Morgan fingerprint density at radius 2 is 2.08 bits per heavy atom. The maximum Gasteiger partial charge on any atom is 0.133 e. The normalized spacial score (nSPS) is 10.2. The summed E-state index contributed by atoms with van der Waals surface area (Å²) in [4.78, 5) is 0. The predicted molar refractivity (Wildman–Crippen MR) is 59.4 cm³/mol. The summed E-state index contributed by atoms with van der Waals surface area (Å²) in [6.45, 7) is 4.32. The minimum absolute atomic E-state index is 0.925. The first-order chi connectivity index (χ1) is 6.19. The topological polar surface area (TPSA) is 9.23 Å². The summed E-state index contributed by atoms with van der Waals surface area (Å²) in [5, 5.41) is 0. The fraction of sp³-hybridized carbons (Fsp3) is 0.455. The maximum absolute atomic E-state index is 5.24. The van der Waals surface area contributed by atoms with Crippen molar-refractivity contribution in [1.82, 2.24) is 0 Å². The fourth-order valence-corrected chi connectivity index (χ4v) is 2.01. The number of halogens is 1. The Kier molecular flexibility index (Phi) is 3.79. The van der Waals surface area contributed by atoms with Crippen molar-refractivity contribution in [3.05, 3.63) is 27.7 Å². The minimum Gasteiger partial charge on any atom is -0.496 e. The first-order valence-corrected chi connectivity index (χ1v) is 5.31. The van der Waals surface area contributed by atoms with Gasteiger partial charge in [-0.15, -0.1) is 0 Å². The van der Waals surface area contributed by atoms with Crippen molar-refractivity contribution in [2.75, 3.05) is 7.11 Å². The van der Waals surface area contributed by atoms with Crippen LogP contribution in [0.5, 0.6) is 5.75 Å². The summed E-state index contributed by atoms with van der Waals surface area (Å²) in [7, 11) is 1.70. The number of hydrogen-bond acceptors (Lipinski definition) is 1. The molecule has 1 aromatic carbocycles. The van der Waals surface area contributed by atoms with Crippen LogP contribution in [0.15, 0.2) is 16.6 Å². The van der Waals surface area contributed by atoms with Crippen LogP contribution >= 0.6 is 15.9 Å². The molecular weight excluding hydrogens is 228 g/mol. The van der Waals surface area contributed by atoms with E-state index in [1.807, 2.05) is 0 Å². The zero-order valence-electron chi connectivity index (χ0n) is 8.36. The van der Waals surface area contributed by atoms with E-state index in [9.17, 15) is 0 Å². The van der Waals surface area contributed by atoms with E-state index in [1.54, 1.807) is 7.11 Å². The van der Waals surface area contributed by atoms with Crippen LogP contribution in [0.3, 0.4) is 0 Å². The molecule has 0 radical (unpaired) electrons. The Bertz CT molecular complexity index is 294. The van der Waals surface area contributed by atoms with Gasteiger partial charge in [-0.1, -0.05) is 13.3 Å². The molecule has 1 aromatic rings. The summed E-state index contributed by atoms with van der Waals surface area (Å²) in [6, 6.07) is 4.23. The molecule has 0 atom stereocenters. The van der Waals surface area contributed by atoms with Crippen LogP contribution in [0, 0.1) is 6.92 Å². The van der Waals surface area contributed by atoms with E-state index in [1.165, 1.54) is 17.5 Å². The highest BCUT2D eigenvalue weighted by Crippen LogP contribution is 2.28. The molecule has 0 saturated carbocycles. The molecule has 13 heavy (non-hydrogen) atoms. The van der Waals surface area contributed by atoms with Crippen LogP contribution < -0.4 is 4.74 Å². The van der Waals surface area contributed by atoms with Crippen LogP contribution in [0.1, 0.15) is 24.5 Å². The molecule has 0 aliphatic heterocycles. The summed E-state index contributed by atoms with van der Waals surface area (Å²) in [5.74, 6) is 0.925.